The molecule has 1 heterocycles. The second-order valence-electron chi connectivity index (χ2n) is 7.09. The molecule has 3 aromatic rings. The number of nitrogens with one attached hydrogen (secondary N) is 1. The first-order chi connectivity index (χ1) is 13.6. The monoisotopic (exact) mass is 392 g/mol. The lowest BCUT2D eigenvalue weighted by Gasteiger charge is -2.31. The van der Waals surface area contributed by atoms with Crippen LogP contribution >= 0.6 is 11.6 Å². The Bertz CT molecular complexity index is 1020. The Morgan fingerprint density at radius 1 is 0.929 bits per heavy atom. The summed E-state index contributed by atoms with van der Waals surface area (Å²) in [5.41, 5.74) is 1.42. The Labute approximate surface area is 169 Å². The van der Waals surface area contributed by atoms with E-state index < -0.39 is 0 Å². The molecule has 142 valence electrons. The van der Waals surface area contributed by atoms with Crippen LogP contribution in [0.15, 0.2) is 66.7 Å². The molecule has 5 heteroatoms. The molecule has 0 radical (unpaired) electrons. The highest BCUT2D eigenvalue weighted by Crippen LogP contribution is 2.26. The molecule has 1 aliphatic rings. The van der Waals surface area contributed by atoms with Gasteiger partial charge in [0, 0.05) is 40.7 Å². The molecule has 0 aromatic heterocycles. The minimum Gasteiger partial charge on any atom is -0.339 e. The quantitative estimate of drug-likeness (QED) is 0.683. The number of benzene rings is 3. The van der Waals surface area contributed by atoms with Gasteiger partial charge in [0.2, 0.25) is 5.91 Å². The summed E-state index contributed by atoms with van der Waals surface area (Å²) < 4.78 is 0. The summed E-state index contributed by atoms with van der Waals surface area (Å²) in [5, 5.41) is 5.76. The second-order valence-corrected chi connectivity index (χ2v) is 7.53. The maximum Gasteiger partial charge on any atom is 0.253 e. The van der Waals surface area contributed by atoms with Crippen molar-refractivity contribution in [2.24, 2.45) is 5.92 Å². The molecule has 4 rings (SSSR count). The van der Waals surface area contributed by atoms with Gasteiger partial charge in [0.25, 0.3) is 5.91 Å². The van der Waals surface area contributed by atoms with E-state index >= 15 is 0 Å². The van der Waals surface area contributed by atoms with Gasteiger partial charge in [-0.25, -0.2) is 0 Å². The van der Waals surface area contributed by atoms with Gasteiger partial charge in [0.1, 0.15) is 0 Å². The number of hydrogen-bond donors (Lipinski definition) is 1. The highest BCUT2D eigenvalue weighted by Gasteiger charge is 2.28. The van der Waals surface area contributed by atoms with E-state index in [1.807, 2.05) is 42.5 Å². The predicted octanol–water partition coefficient (Wildman–Crippen LogP) is 4.98. The lowest BCUT2D eigenvalue weighted by atomic mass is 9.95. The summed E-state index contributed by atoms with van der Waals surface area (Å²) in [6.07, 6.45) is 1.31. The van der Waals surface area contributed by atoms with E-state index in [-0.39, 0.29) is 17.7 Å². The van der Waals surface area contributed by atoms with Crippen molar-refractivity contribution in [3.05, 3.63) is 77.3 Å². The summed E-state index contributed by atoms with van der Waals surface area (Å²) in [6.45, 7) is 1.14. The molecular weight excluding hydrogens is 372 g/mol. The largest absolute Gasteiger partial charge is 0.339 e. The maximum atomic E-state index is 12.8. The van der Waals surface area contributed by atoms with Crippen molar-refractivity contribution in [1.29, 1.82) is 0 Å². The van der Waals surface area contributed by atoms with Crippen LogP contribution in [0.1, 0.15) is 23.2 Å². The van der Waals surface area contributed by atoms with Gasteiger partial charge < -0.3 is 10.2 Å². The summed E-state index contributed by atoms with van der Waals surface area (Å²) in [5.74, 6) is -0.107. The fourth-order valence-corrected chi connectivity index (χ4v) is 3.91. The molecule has 3 aromatic carbocycles. The van der Waals surface area contributed by atoms with Crippen molar-refractivity contribution in [3.8, 4) is 0 Å². The number of rotatable bonds is 3. The lowest BCUT2D eigenvalue weighted by Crippen LogP contribution is -2.41. The standard InChI is InChI=1S/C23H21ClN2O2/c24-19-8-3-7-18(15-19)23(28)26-13-11-17(12-14-26)22(27)25-21-10-4-6-16-5-1-2-9-20(16)21/h1-10,15,17H,11-14H2,(H,25,27). The number of nitrogens with zero attached hydrogens (tertiary/aromatic N) is 1. The average Bonchev–Trinajstić information content (AvgIpc) is 2.73. The van der Waals surface area contributed by atoms with Crippen LogP contribution in [0.2, 0.25) is 5.02 Å². The van der Waals surface area contributed by atoms with Crippen molar-refractivity contribution >= 4 is 39.9 Å². The van der Waals surface area contributed by atoms with Gasteiger partial charge in [0.15, 0.2) is 0 Å². The minimum absolute atomic E-state index is 0.0196. The smallest absolute Gasteiger partial charge is 0.253 e. The topological polar surface area (TPSA) is 49.4 Å². The molecule has 4 nitrogen and oxygen atoms in total. The number of hydrogen-bond acceptors (Lipinski definition) is 2. The number of halogens is 1. The Morgan fingerprint density at radius 2 is 1.64 bits per heavy atom. The third kappa shape index (κ3) is 3.87. The van der Waals surface area contributed by atoms with Gasteiger partial charge in [-0.15, -0.1) is 0 Å². The Balaban J connectivity index is 1.39. The number of carbonyl (C=O) groups excluding carboxylic acids is 2. The normalized spacial score (nSPS) is 14.8. The molecule has 0 bridgehead atoms. The third-order valence-electron chi connectivity index (χ3n) is 5.27. The first kappa shape index (κ1) is 18.5. The molecule has 1 N–H and O–H groups in total. The minimum atomic E-state index is -0.0950. The van der Waals surface area contributed by atoms with Crippen LogP contribution in [-0.4, -0.2) is 29.8 Å². The van der Waals surface area contributed by atoms with Crippen molar-refractivity contribution in [2.45, 2.75) is 12.8 Å². The van der Waals surface area contributed by atoms with E-state index in [9.17, 15) is 9.59 Å². The first-order valence-corrected chi connectivity index (χ1v) is 9.83. The second kappa shape index (κ2) is 8.03. The van der Waals surface area contributed by atoms with E-state index in [2.05, 4.69) is 5.32 Å². The number of piperidine rings is 1. The molecule has 0 spiro atoms. The Morgan fingerprint density at radius 3 is 2.43 bits per heavy atom. The zero-order valence-electron chi connectivity index (χ0n) is 15.4. The molecule has 1 fully saturated rings. The molecule has 1 aliphatic heterocycles. The Hall–Kier alpha value is -2.85. The van der Waals surface area contributed by atoms with Gasteiger partial charge in [0.05, 0.1) is 0 Å². The van der Waals surface area contributed by atoms with E-state index in [1.165, 1.54) is 0 Å². The van der Waals surface area contributed by atoms with Gasteiger partial charge >= 0.3 is 0 Å². The maximum absolute atomic E-state index is 12.8. The van der Waals surface area contributed by atoms with Crippen LogP contribution in [0, 0.1) is 5.92 Å². The fourth-order valence-electron chi connectivity index (χ4n) is 3.72. The van der Waals surface area contributed by atoms with E-state index in [1.54, 1.807) is 29.2 Å². The van der Waals surface area contributed by atoms with Gasteiger partial charge in [-0.05, 0) is 42.5 Å². The van der Waals surface area contributed by atoms with Crippen molar-refractivity contribution in [1.82, 2.24) is 4.90 Å². The zero-order chi connectivity index (χ0) is 19.5. The van der Waals surface area contributed by atoms with Gasteiger partial charge in [-0.1, -0.05) is 54.1 Å². The predicted molar refractivity (Wildman–Crippen MR) is 113 cm³/mol. The first-order valence-electron chi connectivity index (χ1n) is 9.45. The molecule has 0 atom stereocenters. The van der Waals surface area contributed by atoms with Crippen LogP contribution < -0.4 is 5.32 Å². The van der Waals surface area contributed by atoms with Gasteiger partial charge in [-0.2, -0.15) is 0 Å². The van der Waals surface area contributed by atoms with Crippen LogP contribution in [0.25, 0.3) is 10.8 Å². The molecule has 1 saturated heterocycles. The molecule has 0 aliphatic carbocycles. The fraction of sp³-hybridized carbons (Fsp3) is 0.217. The average molecular weight is 393 g/mol. The van der Waals surface area contributed by atoms with Crippen LogP contribution in [0.3, 0.4) is 0 Å². The summed E-state index contributed by atoms with van der Waals surface area (Å²) >= 11 is 5.99. The number of likely N-dealkylation sites (tertiary alicyclic amines) is 1. The van der Waals surface area contributed by atoms with E-state index in [0.717, 1.165) is 16.5 Å². The van der Waals surface area contributed by atoms with Crippen molar-refractivity contribution in [2.75, 3.05) is 18.4 Å². The van der Waals surface area contributed by atoms with E-state index in [4.69, 9.17) is 11.6 Å². The molecule has 0 saturated carbocycles. The lowest BCUT2D eigenvalue weighted by molar-refractivity contribution is -0.121. The highest BCUT2D eigenvalue weighted by molar-refractivity contribution is 6.30. The molecular formula is C23H21ClN2O2. The number of fused-ring (bicyclic) bond motifs is 1. The zero-order valence-corrected chi connectivity index (χ0v) is 16.2. The molecule has 0 unspecified atom stereocenters. The third-order valence-corrected chi connectivity index (χ3v) is 5.51. The highest BCUT2D eigenvalue weighted by atomic mass is 35.5. The van der Waals surface area contributed by atoms with Crippen molar-refractivity contribution in [3.63, 3.8) is 0 Å². The van der Waals surface area contributed by atoms with Crippen LogP contribution in [0.4, 0.5) is 5.69 Å². The number of carbonyl (C=O) groups is 2. The summed E-state index contributed by atoms with van der Waals surface area (Å²) in [6, 6.07) is 20.9. The van der Waals surface area contributed by atoms with Crippen LogP contribution in [-0.2, 0) is 4.79 Å². The molecule has 28 heavy (non-hydrogen) atoms. The molecule has 2 amide bonds. The van der Waals surface area contributed by atoms with E-state index in [0.29, 0.717) is 36.5 Å². The van der Waals surface area contributed by atoms with Crippen molar-refractivity contribution < 1.29 is 9.59 Å². The Kier molecular flexibility index (Phi) is 5.31. The number of amides is 2. The number of anilines is 1. The van der Waals surface area contributed by atoms with Gasteiger partial charge in [-0.3, -0.25) is 9.59 Å². The summed E-state index contributed by atoms with van der Waals surface area (Å²) in [7, 11) is 0. The summed E-state index contributed by atoms with van der Waals surface area (Å²) in [4.78, 5) is 27.2. The van der Waals surface area contributed by atoms with Crippen LogP contribution in [0.5, 0.6) is 0 Å². The SMILES string of the molecule is O=C(Nc1cccc2ccccc12)C1CCN(C(=O)c2cccc(Cl)c2)CC1.